The van der Waals surface area contributed by atoms with Crippen LogP contribution in [-0.4, -0.2) is 9.97 Å². The van der Waals surface area contributed by atoms with E-state index in [-0.39, 0.29) is 0 Å². The lowest BCUT2D eigenvalue weighted by atomic mass is 10.1. The van der Waals surface area contributed by atoms with Crippen LogP contribution in [0.3, 0.4) is 0 Å². The maximum atomic E-state index is 6.29. The maximum absolute atomic E-state index is 6.29. The lowest BCUT2D eigenvalue weighted by molar-refractivity contribution is 1.17. The molecule has 0 bridgehead atoms. The third-order valence-corrected chi connectivity index (χ3v) is 4.09. The first-order chi connectivity index (χ1) is 9.70. The van der Waals surface area contributed by atoms with Gasteiger partial charge in [0.05, 0.1) is 27.4 Å². The van der Waals surface area contributed by atoms with Gasteiger partial charge in [-0.05, 0) is 24.6 Å². The number of alkyl halides is 1. The highest BCUT2D eigenvalue weighted by molar-refractivity contribution is 9.08. The molecule has 0 saturated carbocycles. The Bertz CT molecular complexity index is 787. The molecule has 1 aromatic heterocycles. The number of para-hydroxylation sites is 1. The van der Waals surface area contributed by atoms with Crippen LogP contribution in [0, 0.1) is 6.92 Å². The second-order valence-corrected chi connectivity index (χ2v) is 5.54. The quantitative estimate of drug-likeness (QED) is 0.599. The number of halogens is 2. The Hall–Kier alpha value is -1.45. The highest BCUT2D eigenvalue weighted by Crippen LogP contribution is 2.30. The van der Waals surface area contributed by atoms with Gasteiger partial charge in [0.15, 0.2) is 0 Å². The van der Waals surface area contributed by atoms with E-state index in [4.69, 9.17) is 21.6 Å². The predicted molar refractivity (Wildman–Crippen MR) is 87.4 cm³/mol. The number of benzene rings is 2. The summed E-state index contributed by atoms with van der Waals surface area (Å²) in [6.07, 6.45) is 0. The largest absolute Gasteiger partial charge is 0.248 e. The van der Waals surface area contributed by atoms with Crippen LogP contribution in [0.2, 0.25) is 5.02 Å². The standard InChI is InChI=1S/C16H12BrClN2/c1-10-5-4-8-13-15(10)20-14(9-17)16(19-13)11-6-2-3-7-12(11)18/h2-8H,9H2,1H3. The van der Waals surface area contributed by atoms with Crippen molar-refractivity contribution in [2.75, 3.05) is 0 Å². The molecule has 0 aliphatic carbocycles. The van der Waals surface area contributed by atoms with E-state index in [0.717, 1.165) is 33.5 Å². The zero-order chi connectivity index (χ0) is 14.1. The number of fused-ring (bicyclic) bond motifs is 1. The summed E-state index contributed by atoms with van der Waals surface area (Å²) in [5.74, 6) is 0. The minimum absolute atomic E-state index is 0.644. The van der Waals surface area contributed by atoms with Gasteiger partial charge in [-0.3, -0.25) is 0 Å². The lowest BCUT2D eigenvalue weighted by Crippen LogP contribution is -1.98. The van der Waals surface area contributed by atoms with Crippen LogP contribution >= 0.6 is 27.5 Å². The zero-order valence-corrected chi connectivity index (χ0v) is 13.2. The second-order valence-electron chi connectivity index (χ2n) is 4.58. The minimum Gasteiger partial charge on any atom is -0.248 e. The third kappa shape index (κ3) is 2.32. The third-order valence-electron chi connectivity index (χ3n) is 3.22. The molecule has 3 aromatic rings. The fourth-order valence-corrected chi connectivity index (χ4v) is 2.83. The Kier molecular flexibility index (Phi) is 3.72. The van der Waals surface area contributed by atoms with Gasteiger partial charge in [0.2, 0.25) is 0 Å². The Morgan fingerprint density at radius 3 is 2.60 bits per heavy atom. The summed E-state index contributed by atoms with van der Waals surface area (Å²) in [6, 6.07) is 13.7. The van der Waals surface area contributed by atoms with Gasteiger partial charge in [0.25, 0.3) is 0 Å². The molecular formula is C16H12BrClN2. The maximum Gasteiger partial charge on any atom is 0.0948 e. The SMILES string of the molecule is Cc1cccc2nc(-c3ccccc3Cl)c(CBr)nc12. The van der Waals surface area contributed by atoms with E-state index in [1.807, 2.05) is 49.4 Å². The van der Waals surface area contributed by atoms with Crippen LogP contribution in [0.15, 0.2) is 42.5 Å². The molecule has 4 heteroatoms. The summed E-state index contributed by atoms with van der Waals surface area (Å²) in [5, 5.41) is 1.33. The first kappa shape index (κ1) is 13.5. The van der Waals surface area contributed by atoms with Crippen LogP contribution < -0.4 is 0 Å². The molecule has 2 aromatic carbocycles. The van der Waals surface area contributed by atoms with Crippen molar-refractivity contribution in [1.29, 1.82) is 0 Å². The molecule has 0 spiro atoms. The van der Waals surface area contributed by atoms with Crippen LogP contribution in [-0.2, 0) is 5.33 Å². The zero-order valence-electron chi connectivity index (χ0n) is 10.9. The summed E-state index contributed by atoms with van der Waals surface area (Å²) in [5.41, 5.74) is 5.62. The van der Waals surface area contributed by atoms with Crippen molar-refractivity contribution in [3.05, 3.63) is 58.7 Å². The molecule has 0 unspecified atom stereocenters. The summed E-state index contributed by atoms with van der Waals surface area (Å²) in [7, 11) is 0. The van der Waals surface area contributed by atoms with Crippen molar-refractivity contribution in [2.24, 2.45) is 0 Å². The molecule has 0 aliphatic heterocycles. The average molecular weight is 348 g/mol. The Morgan fingerprint density at radius 2 is 1.85 bits per heavy atom. The molecule has 100 valence electrons. The first-order valence-electron chi connectivity index (χ1n) is 6.28. The van der Waals surface area contributed by atoms with Crippen molar-refractivity contribution in [3.8, 4) is 11.3 Å². The Labute approximate surface area is 131 Å². The number of nitrogens with zero attached hydrogens (tertiary/aromatic N) is 2. The molecule has 3 rings (SSSR count). The fourth-order valence-electron chi connectivity index (χ4n) is 2.21. The first-order valence-corrected chi connectivity index (χ1v) is 7.78. The van der Waals surface area contributed by atoms with Crippen LogP contribution in [0.5, 0.6) is 0 Å². The summed E-state index contributed by atoms with van der Waals surface area (Å²) >= 11 is 9.78. The van der Waals surface area contributed by atoms with Gasteiger partial charge in [-0.2, -0.15) is 0 Å². The topological polar surface area (TPSA) is 25.8 Å². The number of rotatable bonds is 2. The number of aromatic nitrogens is 2. The number of hydrogen-bond donors (Lipinski definition) is 0. The second kappa shape index (κ2) is 5.51. The van der Waals surface area contributed by atoms with Crippen molar-refractivity contribution in [1.82, 2.24) is 9.97 Å². The summed E-state index contributed by atoms with van der Waals surface area (Å²) in [6.45, 7) is 2.05. The molecule has 0 radical (unpaired) electrons. The van der Waals surface area contributed by atoms with Gasteiger partial charge >= 0.3 is 0 Å². The van der Waals surface area contributed by atoms with Gasteiger partial charge in [-0.15, -0.1) is 0 Å². The fraction of sp³-hybridized carbons (Fsp3) is 0.125. The molecular weight excluding hydrogens is 336 g/mol. The average Bonchev–Trinajstić information content (AvgIpc) is 2.47. The molecule has 0 fully saturated rings. The summed E-state index contributed by atoms with van der Waals surface area (Å²) in [4.78, 5) is 9.50. The molecule has 2 nitrogen and oxygen atoms in total. The van der Waals surface area contributed by atoms with E-state index in [1.54, 1.807) is 0 Å². The molecule has 0 atom stereocenters. The molecule has 0 N–H and O–H groups in total. The molecule has 0 saturated heterocycles. The van der Waals surface area contributed by atoms with E-state index in [2.05, 4.69) is 15.9 Å². The Balaban J connectivity index is 2.33. The van der Waals surface area contributed by atoms with Crippen LogP contribution in [0.25, 0.3) is 22.3 Å². The van der Waals surface area contributed by atoms with Crippen LogP contribution in [0.1, 0.15) is 11.3 Å². The van der Waals surface area contributed by atoms with E-state index >= 15 is 0 Å². The highest BCUT2D eigenvalue weighted by Gasteiger charge is 2.13. The van der Waals surface area contributed by atoms with E-state index < -0.39 is 0 Å². The molecule has 0 amide bonds. The number of hydrogen-bond acceptors (Lipinski definition) is 2. The summed E-state index contributed by atoms with van der Waals surface area (Å²) < 4.78 is 0. The predicted octanol–water partition coefficient (Wildman–Crippen LogP) is 5.15. The van der Waals surface area contributed by atoms with E-state index in [0.29, 0.717) is 10.4 Å². The highest BCUT2D eigenvalue weighted by atomic mass is 79.9. The number of aryl methyl sites for hydroxylation is 1. The molecule has 1 heterocycles. The molecule has 0 aliphatic rings. The monoisotopic (exact) mass is 346 g/mol. The van der Waals surface area contributed by atoms with Crippen molar-refractivity contribution >= 4 is 38.6 Å². The van der Waals surface area contributed by atoms with Crippen molar-refractivity contribution in [2.45, 2.75) is 12.3 Å². The van der Waals surface area contributed by atoms with E-state index in [9.17, 15) is 0 Å². The van der Waals surface area contributed by atoms with Gasteiger partial charge < -0.3 is 0 Å². The van der Waals surface area contributed by atoms with Gasteiger partial charge in [0.1, 0.15) is 0 Å². The normalized spacial score (nSPS) is 10.9. The lowest BCUT2D eigenvalue weighted by Gasteiger charge is -2.10. The van der Waals surface area contributed by atoms with E-state index in [1.165, 1.54) is 0 Å². The smallest absolute Gasteiger partial charge is 0.0948 e. The van der Waals surface area contributed by atoms with Crippen molar-refractivity contribution in [3.63, 3.8) is 0 Å². The van der Waals surface area contributed by atoms with Crippen LogP contribution in [0.4, 0.5) is 0 Å². The minimum atomic E-state index is 0.644. The van der Waals surface area contributed by atoms with Gasteiger partial charge in [-0.1, -0.05) is 57.9 Å². The Morgan fingerprint density at radius 1 is 1.05 bits per heavy atom. The van der Waals surface area contributed by atoms with Gasteiger partial charge in [0, 0.05) is 10.9 Å². The molecule has 20 heavy (non-hydrogen) atoms. The van der Waals surface area contributed by atoms with Crippen molar-refractivity contribution < 1.29 is 0 Å². The van der Waals surface area contributed by atoms with Gasteiger partial charge in [-0.25, -0.2) is 9.97 Å².